The van der Waals surface area contributed by atoms with Gasteiger partial charge in [0.1, 0.15) is 0 Å². The summed E-state index contributed by atoms with van der Waals surface area (Å²) in [6, 6.07) is 13.5. The summed E-state index contributed by atoms with van der Waals surface area (Å²) >= 11 is 5.35. The third kappa shape index (κ3) is 4.75. The van der Waals surface area contributed by atoms with Crippen molar-refractivity contribution in [2.75, 3.05) is 6.54 Å². The van der Waals surface area contributed by atoms with Gasteiger partial charge in [-0.15, -0.1) is 11.3 Å². The zero-order valence-electron chi connectivity index (χ0n) is 11.2. The van der Waals surface area contributed by atoms with E-state index >= 15 is 0 Å². The first-order valence-electron chi connectivity index (χ1n) is 6.81. The molecule has 3 heteroatoms. The number of hydrogen-bond donors (Lipinski definition) is 1. The Hall–Kier alpha value is -0.640. The molecule has 0 aliphatic rings. The molecule has 0 bridgehead atoms. The molecule has 1 nitrogen and oxygen atoms in total. The summed E-state index contributed by atoms with van der Waals surface area (Å²) in [5, 5.41) is 5.81. The zero-order chi connectivity index (χ0) is 13.5. The van der Waals surface area contributed by atoms with Crippen molar-refractivity contribution in [2.45, 2.75) is 32.2 Å². The summed E-state index contributed by atoms with van der Waals surface area (Å²) < 4.78 is 1.14. The average molecular weight is 338 g/mol. The third-order valence-electron chi connectivity index (χ3n) is 3.17. The van der Waals surface area contributed by atoms with Crippen molar-refractivity contribution in [3.8, 4) is 0 Å². The smallest absolute Gasteiger partial charge is 0.0323 e. The van der Waals surface area contributed by atoms with Crippen LogP contribution in [0, 0.1) is 0 Å². The Morgan fingerprint density at radius 3 is 2.63 bits per heavy atom. The minimum atomic E-state index is 0.454. The van der Waals surface area contributed by atoms with Gasteiger partial charge in [-0.3, -0.25) is 0 Å². The van der Waals surface area contributed by atoms with Gasteiger partial charge in [-0.05, 0) is 54.9 Å². The van der Waals surface area contributed by atoms with Crippen LogP contribution in [0.4, 0.5) is 0 Å². The van der Waals surface area contributed by atoms with E-state index in [0.717, 1.165) is 23.9 Å². The molecule has 1 aromatic heterocycles. The quantitative estimate of drug-likeness (QED) is 0.733. The van der Waals surface area contributed by atoms with Crippen molar-refractivity contribution >= 4 is 27.3 Å². The topological polar surface area (TPSA) is 12.0 Å². The van der Waals surface area contributed by atoms with Crippen LogP contribution in [0.2, 0.25) is 0 Å². The number of thiophene rings is 1. The fourth-order valence-electron chi connectivity index (χ4n) is 2.14. The Bertz CT molecular complexity index is 464. The van der Waals surface area contributed by atoms with Crippen molar-refractivity contribution in [3.63, 3.8) is 0 Å². The van der Waals surface area contributed by atoms with Crippen LogP contribution in [0.3, 0.4) is 0 Å². The van der Waals surface area contributed by atoms with Gasteiger partial charge < -0.3 is 5.32 Å². The van der Waals surface area contributed by atoms with Gasteiger partial charge in [-0.25, -0.2) is 0 Å². The van der Waals surface area contributed by atoms with Gasteiger partial charge in [0.15, 0.2) is 0 Å². The van der Waals surface area contributed by atoms with Crippen molar-refractivity contribution < 1.29 is 0 Å². The highest BCUT2D eigenvalue weighted by molar-refractivity contribution is 9.10. The molecule has 0 fully saturated rings. The van der Waals surface area contributed by atoms with Crippen LogP contribution in [0.15, 0.2) is 46.3 Å². The van der Waals surface area contributed by atoms with E-state index < -0.39 is 0 Å². The molecular weight excluding hydrogens is 318 g/mol. The first-order valence-corrected chi connectivity index (χ1v) is 8.48. The van der Waals surface area contributed by atoms with Gasteiger partial charge in [-0.1, -0.05) is 41.1 Å². The lowest BCUT2D eigenvalue weighted by Gasteiger charge is -2.19. The Balaban J connectivity index is 2.00. The Morgan fingerprint density at radius 1 is 1.21 bits per heavy atom. The van der Waals surface area contributed by atoms with Crippen molar-refractivity contribution in [2.24, 2.45) is 0 Å². The number of nitrogens with one attached hydrogen (secondary N) is 1. The van der Waals surface area contributed by atoms with Gasteiger partial charge in [0, 0.05) is 15.4 Å². The Morgan fingerprint density at radius 2 is 2.00 bits per heavy atom. The van der Waals surface area contributed by atoms with Crippen molar-refractivity contribution in [3.05, 3.63) is 56.7 Å². The van der Waals surface area contributed by atoms with Gasteiger partial charge >= 0.3 is 0 Å². The molecule has 0 aliphatic heterocycles. The summed E-state index contributed by atoms with van der Waals surface area (Å²) in [7, 11) is 0. The Kier molecular flexibility index (Phi) is 6.08. The minimum Gasteiger partial charge on any atom is -0.310 e. The molecule has 2 aromatic rings. The highest BCUT2D eigenvalue weighted by atomic mass is 79.9. The normalized spacial score (nSPS) is 12.5. The maximum atomic E-state index is 3.66. The van der Waals surface area contributed by atoms with Crippen LogP contribution in [0.5, 0.6) is 0 Å². The second kappa shape index (κ2) is 7.83. The molecular formula is C16H20BrNS. The van der Waals surface area contributed by atoms with Crippen LogP contribution in [0.1, 0.15) is 36.2 Å². The molecule has 2 rings (SSSR count). The lowest BCUT2D eigenvalue weighted by Crippen LogP contribution is -2.22. The molecule has 19 heavy (non-hydrogen) atoms. The Labute approximate surface area is 128 Å². The fraction of sp³-hybridized carbons (Fsp3) is 0.375. The van der Waals surface area contributed by atoms with Gasteiger partial charge in [0.05, 0.1) is 0 Å². The van der Waals surface area contributed by atoms with Crippen LogP contribution >= 0.6 is 27.3 Å². The molecule has 1 N–H and O–H groups in total. The summed E-state index contributed by atoms with van der Waals surface area (Å²) in [6.45, 7) is 3.29. The highest BCUT2D eigenvalue weighted by Crippen LogP contribution is 2.22. The summed E-state index contributed by atoms with van der Waals surface area (Å²) in [6.07, 6.45) is 3.48. The van der Waals surface area contributed by atoms with E-state index in [-0.39, 0.29) is 0 Å². The van der Waals surface area contributed by atoms with E-state index in [1.807, 2.05) is 11.3 Å². The number of halogens is 1. The number of rotatable bonds is 7. The first-order chi connectivity index (χ1) is 9.29. The molecule has 0 amide bonds. The maximum Gasteiger partial charge on any atom is 0.0323 e. The average Bonchev–Trinajstić information content (AvgIpc) is 2.93. The summed E-state index contributed by atoms with van der Waals surface area (Å²) in [5.74, 6) is 0. The standard InChI is InChI=1S/C16H20BrNS/c1-2-11-18-16(10-9-15-4-3-12-19-15)13-5-7-14(17)8-6-13/h3-8,12,16,18H,2,9-11H2,1H3/t16-/m0/s1. The van der Waals surface area contributed by atoms with E-state index in [1.165, 1.54) is 16.9 Å². The molecule has 0 radical (unpaired) electrons. The molecule has 0 spiro atoms. The third-order valence-corrected chi connectivity index (χ3v) is 4.64. The van der Waals surface area contributed by atoms with Crippen LogP contribution < -0.4 is 5.32 Å². The predicted molar refractivity (Wildman–Crippen MR) is 87.8 cm³/mol. The molecule has 1 heterocycles. The van der Waals surface area contributed by atoms with E-state index in [2.05, 4.69) is 69.9 Å². The SMILES string of the molecule is CCCN[C@@H](CCc1cccs1)c1ccc(Br)cc1. The van der Waals surface area contributed by atoms with E-state index in [4.69, 9.17) is 0 Å². The predicted octanol–water partition coefficient (Wildman–Crippen LogP) is 5.18. The van der Waals surface area contributed by atoms with Gasteiger partial charge in [0.25, 0.3) is 0 Å². The molecule has 0 aliphatic carbocycles. The number of hydrogen-bond acceptors (Lipinski definition) is 2. The molecule has 0 saturated heterocycles. The minimum absolute atomic E-state index is 0.454. The van der Waals surface area contributed by atoms with Crippen LogP contribution in [-0.2, 0) is 6.42 Å². The maximum absolute atomic E-state index is 3.66. The van der Waals surface area contributed by atoms with Gasteiger partial charge in [-0.2, -0.15) is 0 Å². The first kappa shape index (κ1) is 14.8. The summed E-state index contributed by atoms with van der Waals surface area (Å²) in [4.78, 5) is 1.47. The number of benzene rings is 1. The van der Waals surface area contributed by atoms with E-state index in [1.54, 1.807) is 0 Å². The van der Waals surface area contributed by atoms with E-state index in [0.29, 0.717) is 6.04 Å². The molecule has 102 valence electrons. The zero-order valence-corrected chi connectivity index (χ0v) is 13.6. The second-order valence-electron chi connectivity index (χ2n) is 4.68. The molecule has 0 unspecified atom stereocenters. The van der Waals surface area contributed by atoms with E-state index in [9.17, 15) is 0 Å². The largest absolute Gasteiger partial charge is 0.310 e. The van der Waals surface area contributed by atoms with Gasteiger partial charge in [0.2, 0.25) is 0 Å². The highest BCUT2D eigenvalue weighted by Gasteiger charge is 2.10. The molecule has 1 aromatic carbocycles. The summed E-state index contributed by atoms with van der Waals surface area (Å²) in [5.41, 5.74) is 1.38. The van der Waals surface area contributed by atoms with Crippen molar-refractivity contribution in [1.29, 1.82) is 0 Å². The van der Waals surface area contributed by atoms with Crippen LogP contribution in [-0.4, -0.2) is 6.54 Å². The lowest BCUT2D eigenvalue weighted by atomic mass is 10.0. The number of aryl methyl sites for hydroxylation is 1. The second-order valence-corrected chi connectivity index (χ2v) is 6.62. The monoisotopic (exact) mass is 337 g/mol. The fourth-order valence-corrected chi connectivity index (χ4v) is 3.13. The van der Waals surface area contributed by atoms with Crippen molar-refractivity contribution in [1.82, 2.24) is 5.32 Å². The lowest BCUT2D eigenvalue weighted by molar-refractivity contribution is 0.500. The van der Waals surface area contributed by atoms with Crippen LogP contribution in [0.25, 0.3) is 0 Å². The molecule has 1 atom stereocenters. The molecule has 0 saturated carbocycles.